The predicted molar refractivity (Wildman–Crippen MR) is 108 cm³/mol. The molecule has 144 valence electrons. The molecule has 2 aromatic carbocycles. The van der Waals surface area contributed by atoms with Crippen molar-refractivity contribution >= 4 is 27.7 Å². The fourth-order valence-electron chi connectivity index (χ4n) is 2.64. The van der Waals surface area contributed by atoms with Gasteiger partial charge in [-0.05, 0) is 48.7 Å². The van der Waals surface area contributed by atoms with Gasteiger partial charge in [0.1, 0.15) is 11.9 Å². The zero-order valence-electron chi connectivity index (χ0n) is 15.5. The summed E-state index contributed by atoms with van der Waals surface area (Å²) >= 11 is 3.40. The minimum absolute atomic E-state index is 0.113. The van der Waals surface area contributed by atoms with Gasteiger partial charge in [0.25, 0.3) is 0 Å². The van der Waals surface area contributed by atoms with Crippen LogP contribution in [0, 0.1) is 5.82 Å². The number of hydrogen-bond acceptors (Lipinski definition) is 2. The summed E-state index contributed by atoms with van der Waals surface area (Å²) in [5.74, 6) is -0.699. The first kappa shape index (κ1) is 21.1. The van der Waals surface area contributed by atoms with Crippen LogP contribution >= 0.6 is 15.9 Å². The summed E-state index contributed by atoms with van der Waals surface area (Å²) in [6, 6.07) is 12.9. The molecule has 0 fully saturated rings. The number of hydrogen-bond donors (Lipinski definition) is 1. The van der Waals surface area contributed by atoms with E-state index in [-0.39, 0.29) is 24.1 Å². The molecule has 0 aromatic heterocycles. The van der Waals surface area contributed by atoms with Gasteiger partial charge in [0, 0.05) is 17.6 Å². The van der Waals surface area contributed by atoms with Gasteiger partial charge in [0.15, 0.2) is 0 Å². The molecule has 6 heteroatoms. The van der Waals surface area contributed by atoms with Gasteiger partial charge >= 0.3 is 0 Å². The lowest BCUT2D eigenvalue weighted by Crippen LogP contribution is -2.48. The molecule has 0 radical (unpaired) electrons. The monoisotopic (exact) mass is 434 g/mol. The maximum atomic E-state index is 13.1. The summed E-state index contributed by atoms with van der Waals surface area (Å²) in [5.41, 5.74) is 1.64. The lowest BCUT2D eigenvalue weighted by molar-refractivity contribution is -0.140. The van der Waals surface area contributed by atoms with Crippen LogP contribution < -0.4 is 5.32 Å². The molecule has 2 aromatic rings. The van der Waals surface area contributed by atoms with Gasteiger partial charge in [-0.1, -0.05) is 47.1 Å². The highest BCUT2D eigenvalue weighted by molar-refractivity contribution is 9.10. The Morgan fingerprint density at radius 2 is 1.67 bits per heavy atom. The Kier molecular flexibility index (Phi) is 7.98. The molecule has 0 aliphatic carbocycles. The Hall–Kier alpha value is -2.21. The topological polar surface area (TPSA) is 49.4 Å². The molecule has 0 spiro atoms. The summed E-state index contributed by atoms with van der Waals surface area (Å²) in [6.07, 6.45) is 0.941. The molecular weight excluding hydrogens is 411 g/mol. The van der Waals surface area contributed by atoms with Crippen LogP contribution in [-0.2, 0) is 22.6 Å². The SMILES string of the molecule is CCCNC(=O)[C@@H](C)N(Cc1ccc(Br)cc1)C(=O)Cc1ccc(F)cc1. The number of nitrogens with one attached hydrogen (secondary N) is 1. The molecule has 1 atom stereocenters. The van der Waals surface area contributed by atoms with Gasteiger partial charge in [-0.15, -0.1) is 0 Å². The van der Waals surface area contributed by atoms with E-state index in [4.69, 9.17) is 0 Å². The number of nitrogens with zero attached hydrogens (tertiary/aromatic N) is 1. The van der Waals surface area contributed by atoms with Crippen LogP contribution in [0.15, 0.2) is 53.0 Å². The van der Waals surface area contributed by atoms with Gasteiger partial charge < -0.3 is 10.2 Å². The molecule has 2 amide bonds. The largest absolute Gasteiger partial charge is 0.354 e. The van der Waals surface area contributed by atoms with E-state index in [9.17, 15) is 14.0 Å². The molecule has 0 saturated carbocycles. The first-order valence-corrected chi connectivity index (χ1v) is 9.76. The van der Waals surface area contributed by atoms with E-state index in [1.807, 2.05) is 31.2 Å². The van der Waals surface area contributed by atoms with Crippen molar-refractivity contribution in [1.29, 1.82) is 0 Å². The average Bonchev–Trinajstić information content (AvgIpc) is 2.66. The lowest BCUT2D eigenvalue weighted by Gasteiger charge is -2.29. The summed E-state index contributed by atoms with van der Waals surface area (Å²) in [7, 11) is 0. The summed E-state index contributed by atoms with van der Waals surface area (Å²) in [6.45, 7) is 4.60. The van der Waals surface area contributed by atoms with E-state index in [2.05, 4.69) is 21.2 Å². The predicted octanol–water partition coefficient (Wildman–Crippen LogP) is 4.07. The molecule has 0 aliphatic rings. The number of rotatable bonds is 8. The second kappa shape index (κ2) is 10.2. The van der Waals surface area contributed by atoms with Crippen LogP contribution in [0.2, 0.25) is 0 Å². The number of carbonyl (C=O) groups is 2. The summed E-state index contributed by atoms with van der Waals surface area (Å²) in [5, 5.41) is 2.84. The Morgan fingerprint density at radius 3 is 2.26 bits per heavy atom. The molecule has 27 heavy (non-hydrogen) atoms. The fourth-order valence-corrected chi connectivity index (χ4v) is 2.91. The Labute approximate surface area is 167 Å². The van der Waals surface area contributed by atoms with Gasteiger partial charge in [0.05, 0.1) is 6.42 Å². The maximum absolute atomic E-state index is 13.1. The Balaban J connectivity index is 2.18. The number of amides is 2. The standard InChI is InChI=1S/C21H24BrFN2O2/c1-3-12-24-21(27)15(2)25(14-17-4-8-18(22)9-5-17)20(26)13-16-6-10-19(23)11-7-16/h4-11,15H,3,12-14H2,1-2H3,(H,24,27)/t15-/m1/s1. The smallest absolute Gasteiger partial charge is 0.242 e. The summed E-state index contributed by atoms with van der Waals surface area (Å²) < 4.78 is 14.1. The molecule has 1 N–H and O–H groups in total. The van der Waals surface area contributed by atoms with Crippen molar-refractivity contribution in [1.82, 2.24) is 10.2 Å². The number of carbonyl (C=O) groups excluding carboxylic acids is 2. The van der Waals surface area contributed by atoms with Crippen LogP contribution in [-0.4, -0.2) is 29.3 Å². The molecular formula is C21H24BrFN2O2. The highest BCUT2D eigenvalue weighted by Gasteiger charge is 2.26. The molecule has 0 aliphatic heterocycles. The van der Waals surface area contributed by atoms with Gasteiger partial charge in [0.2, 0.25) is 11.8 Å². The third-order valence-electron chi connectivity index (χ3n) is 4.25. The highest BCUT2D eigenvalue weighted by Crippen LogP contribution is 2.16. The second-order valence-electron chi connectivity index (χ2n) is 6.42. The fraction of sp³-hybridized carbons (Fsp3) is 0.333. The second-order valence-corrected chi connectivity index (χ2v) is 7.33. The molecule has 0 bridgehead atoms. The van der Waals surface area contributed by atoms with Crippen molar-refractivity contribution in [3.05, 3.63) is 69.9 Å². The Bertz CT molecular complexity index is 763. The zero-order valence-corrected chi connectivity index (χ0v) is 17.1. The van der Waals surface area contributed by atoms with Crippen molar-refractivity contribution in [2.45, 2.75) is 39.3 Å². The first-order chi connectivity index (χ1) is 12.9. The minimum atomic E-state index is -0.604. The highest BCUT2D eigenvalue weighted by atomic mass is 79.9. The van der Waals surface area contributed by atoms with Crippen molar-refractivity contribution < 1.29 is 14.0 Å². The quantitative estimate of drug-likeness (QED) is 0.680. The number of halogens is 2. The van der Waals surface area contributed by atoms with Gasteiger partial charge in [-0.3, -0.25) is 9.59 Å². The van der Waals surface area contributed by atoms with Crippen molar-refractivity contribution in [3.8, 4) is 0 Å². The van der Waals surface area contributed by atoms with Crippen LogP contribution in [0.4, 0.5) is 4.39 Å². The van der Waals surface area contributed by atoms with Crippen LogP contribution in [0.3, 0.4) is 0 Å². The third kappa shape index (κ3) is 6.47. The maximum Gasteiger partial charge on any atom is 0.242 e. The average molecular weight is 435 g/mol. The van der Waals surface area contributed by atoms with Crippen molar-refractivity contribution in [2.75, 3.05) is 6.54 Å². The normalized spacial score (nSPS) is 11.7. The van der Waals surface area contributed by atoms with E-state index >= 15 is 0 Å². The Morgan fingerprint density at radius 1 is 1.07 bits per heavy atom. The molecule has 2 rings (SSSR count). The van der Waals surface area contributed by atoms with Gasteiger partial charge in [-0.25, -0.2) is 4.39 Å². The summed E-state index contributed by atoms with van der Waals surface area (Å²) in [4.78, 5) is 26.9. The molecule has 0 saturated heterocycles. The van der Waals surface area contributed by atoms with Crippen molar-refractivity contribution in [2.24, 2.45) is 0 Å². The molecule has 0 unspecified atom stereocenters. The van der Waals surface area contributed by atoms with E-state index in [1.54, 1.807) is 24.0 Å². The molecule has 4 nitrogen and oxygen atoms in total. The van der Waals surface area contributed by atoms with Gasteiger partial charge in [-0.2, -0.15) is 0 Å². The van der Waals surface area contributed by atoms with Crippen LogP contribution in [0.1, 0.15) is 31.4 Å². The number of benzene rings is 2. The van der Waals surface area contributed by atoms with Crippen molar-refractivity contribution in [3.63, 3.8) is 0 Å². The van der Waals surface area contributed by atoms with E-state index in [0.717, 1.165) is 16.5 Å². The lowest BCUT2D eigenvalue weighted by atomic mass is 10.1. The van der Waals surface area contributed by atoms with E-state index < -0.39 is 6.04 Å². The first-order valence-electron chi connectivity index (χ1n) is 8.96. The molecule has 0 heterocycles. The minimum Gasteiger partial charge on any atom is -0.354 e. The van der Waals surface area contributed by atoms with Crippen LogP contribution in [0.5, 0.6) is 0 Å². The van der Waals surface area contributed by atoms with E-state index in [1.165, 1.54) is 12.1 Å². The van der Waals surface area contributed by atoms with E-state index in [0.29, 0.717) is 18.7 Å². The third-order valence-corrected chi connectivity index (χ3v) is 4.78. The zero-order chi connectivity index (χ0) is 19.8. The van der Waals surface area contributed by atoms with Crippen LogP contribution in [0.25, 0.3) is 0 Å².